The molecule has 1 heterocycles. The molecule has 0 spiro atoms. The molecule has 1 aromatic carbocycles. The Bertz CT molecular complexity index is 602. The Morgan fingerprint density at radius 2 is 1.76 bits per heavy atom. The Morgan fingerprint density at radius 3 is 2.28 bits per heavy atom. The predicted octanol–water partition coefficient (Wildman–Crippen LogP) is 3.65. The molecule has 5 nitrogen and oxygen atoms in total. The molecule has 0 aromatic heterocycles. The number of amides is 2. The molecule has 5 heteroatoms. The number of carbonyl (C=O) groups is 2. The van der Waals surface area contributed by atoms with Gasteiger partial charge in [0, 0.05) is 31.7 Å². The van der Waals surface area contributed by atoms with Crippen LogP contribution in [0.2, 0.25) is 0 Å². The first-order valence-corrected chi connectivity index (χ1v) is 9.39. The number of ether oxygens (including phenoxy) is 1. The molecular formula is C20H28N2O3. The van der Waals surface area contributed by atoms with E-state index in [4.69, 9.17) is 4.74 Å². The summed E-state index contributed by atoms with van der Waals surface area (Å²) in [5, 5.41) is 0. The molecule has 2 fully saturated rings. The lowest BCUT2D eigenvalue weighted by atomic mass is 9.80. The molecule has 25 heavy (non-hydrogen) atoms. The quantitative estimate of drug-likeness (QED) is 0.838. The average molecular weight is 344 g/mol. The third-order valence-corrected chi connectivity index (χ3v) is 5.59. The minimum Gasteiger partial charge on any atom is -0.450 e. The molecule has 2 amide bonds. The van der Waals surface area contributed by atoms with E-state index in [1.165, 1.54) is 24.8 Å². The number of piperidine rings is 1. The highest BCUT2D eigenvalue weighted by molar-refractivity contribution is 5.94. The third-order valence-electron chi connectivity index (χ3n) is 5.59. The fourth-order valence-corrected chi connectivity index (χ4v) is 3.65. The Balaban J connectivity index is 1.53. The van der Waals surface area contributed by atoms with Crippen molar-refractivity contribution in [1.29, 1.82) is 0 Å². The van der Waals surface area contributed by atoms with Crippen molar-refractivity contribution in [2.45, 2.75) is 51.0 Å². The molecule has 2 aliphatic rings. The summed E-state index contributed by atoms with van der Waals surface area (Å²) in [7, 11) is 1.78. The van der Waals surface area contributed by atoms with Crippen LogP contribution < -0.4 is 0 Å². The number of hydrogen-bond donors (Lipinski definition) is 0. The zero-order valence-corrected chi connectivity index (χ0v) is 15.2. The molecule has 136 valence electrons. The maximum Gasteiger partial charge on any atom is 0.409 e. The number of carbonyl (C=O) groups excluding carboxylic acids is 2. The van der Waals surface area contributed by atoms with E-state index in [9.17, 15) is 9.59 Å². The van der Waals surface area contributed by atoms with Crippen molar-refractivity contribution in [3.8, 4) is 0 Å². The number of rotatable bonds is 4. The lowest BCUT2D eigenvalue weighted by Gasteiger charge is -2.36. The lowest BCUT2D eigenvalue weighted by Crippen LogP contribution is -2.47. The van der Waals surface area contributed by atoms with E-state index in [0.717, 1.165) is 18.4 Å². The topological polar surface area (TPSA) is 49.9 Å². The van der Waals surface area contributed by atoms with Gasteiger partial charge in [-0.3, -0.25) is 4.79 Å². The van der Waals surface area contributed by atoms with Gasteiger partial charge < -0.3 is 14.5 Å². The van der Waals surface area contributed by atoms with Crippen LogP contribution in [0.4, 0.5) is 4.79 Å². The van der Waals surface area contributed by atoms with Crippen LogP contribution in [0.3, 0.4) is 0 Å². The van der Waals surface area contributed by atoms with Crippen molar-refractivity contribution in [2.24, 2.45) is 0 Å². The van der Waals surface area contributed by atoms with Gasteiger partial charge >= 0.3 is 6.09 Å². The summed E-state index contributed by atoms with van der Waals surface area (Å²) in [5.41, 5.74) is 2.12. The molecule has 1 aliphatic heterocycles. The summed E-state index contributed by atoms with van der Waals surface area (Å²) in [5.74, 6) is 0.788. The van der Waals surface area contributed by atoms with Gasteiger partial charge in [0.2, 0.25) is 0 Å². The summed E-state index contributed by atoms with van der Waals surface area (Å²) in [6.45, 7) is 3.55. The Morgan fingerprint density at radius 1 is 1.12 bits per heavy atom. The van der Waals surface area contributed by atoms with E-state index in [2.05, 4.69) is 12.1 Å². The van der Waals surface area contributed by atoms with E-state index in [0.29, 0.717) is 25.6 Å². The first-order valence-electron chi connectivity index (χ1n) is 9.39. The molecule has 0 bridgehead atoms. The zero-order valence-electron chi connectivity index (χ0n) is 15.2. The van der Waals surface area contributed by atoms with Gasteiger partial charge in [0.25, 0.3) is 5.91 Å². The molecule has 1 aromatic rings. The van der Waals surface area contributed by atoms with Crippen molar-refractivity contribution >= 4 is 12.0 Å². The Labute approximate surface area is 149 Å². The second kappa shape index (κ2) is 7.89. The summed E-state index contributed by atoms with van der Waals surface area (Å²) in [6.07, 6.45) is 5.17. The molecule has 0 N–H and O–H groups in total. The number of likely N-dealkylation sites (tertiary alicyclic amines) is 1. The molecule has 1 saturated carbocycles. The predicted molar refractivity (Wildman–Crippen MR) is 96.7 cm³/mol. The van der Waals surface area contributed by atoms with Gasteiger partial charge in [-0.05, 0) is 56.2 Å². The van der Waals surface area contributed by atoms with Gasteiger partial charge in [0.05, 0.1) is 6.61 Å². The number of nitrogens with zero attached hydrogens (tertiary/aromatic N) is 2. The molecule has 0 radical (unpaired) electrons. The highest BCUT2D eigenvalue weighted by atomic mass is 16.6. The minimum atomic E-state index is -0.279. The van der Waals surface area contributed by atoms with Crippen molar-refractivity contribution in [2.75, 3.05) is 26.7 Å². The molecule has 0 unspecified atom stereocenters. The van der Waals surface area contributed by atoms with Crippen LogP contribution in [-0.4, -0.2) is 54.6 Å². The second-order valence-corrected chi connectivity index (χ2v) is 7.08. The van der Waals surface area contributed by atoms with Gasteiger partial charge in [-0.15, -0.1) is 0 Å². The van der Waals surface area contributed by atoms with E-state index >= 15 is 0 Å². The minimum absolute atomic E-state index is 0.0948. The van der Waals surface area contributed by atoms with E-state index in [1.807, 2.05) is 24.0 Å². The summed E-state index contributed by atoms with van der Waals surface area (Å²) in [4.78, 5) is 28.1. The van der Waals surface area contributed by atoms with Crippen LogP contribution >= 0.6 is 0 Å². The summed E-state index contributed by atoms with van der Waals surface area (Å²) >= 11 is 0. The van der Waals surface area contributed by atoms with Crippen molar-refractivity contribution < 1.29 is 14.3 Å². The van der Waals surface area contributed by atoms with Crippen molar-refractivity contribution in [1.82, 2.24) is 9.80 Å². The molecule has 1 saturated heterocycles. The van der Waals surface area contributed by atoms with E-state index < -0.39 is 0 Å². The second-order valence-electron chi connectivity index (χ2n) is 7.08. The average Bonchev–Trinajstić information content (AvgIpc) is 2.60. The Hall–Kier alpha value is -2.04. The maximum absolute atomic E-state index is 12.7. The van der Waals surface area contributed by atoms with Crippen molar-refractivity contribution in [3.05, 3.63) is 35.4 Å². The maximum atomic E-state index is 12.7. The summed E-state index contributed by atoms with van der Waals surface area (Å²) < 4.78 is 5.05. The molecule has 3 rings (SSSR count). The third kappa shape index (κ3) is 3.97. The van der Waals surface area contributed by atoms with Crippen LogP contribution in [0.15, 0.2) is 24.3 Å². The van der Waals surface area contributed by atoms with Crippen LogP contribution in [0.5, 0.6) is 0 Å². The Kier molecular flexibility index (Phi) is 5.61. The lowest BCUT2D eigenvalue weighted by molar-refractivity contribution is 0.0604. The van der Waals surface area contributed by atoms with Crippen LogP contribution in [0.25, 0.3) is 0 Å². The van der Waals surface area contributed by atoms with E-state index in [-0.39, 0.29) is 18.0 Å². The number of hydrogen-bond acceptors (Lipinski definition) is 3. The highest BCUT2D eigenvalue weighted by Gasteiger charge is 2.28. The first kappa shape index (κ1) is 17.8. The van der Waals surface area contributed by atoms with Gasteiger partial charge in [-0.1, -0.05) is 18.6 Å². The highest BCUT2D eigenvalue weighted by Crippen LogP contribution is 2.36. The fraction of sp³-hybridized carbons (Fsp3) is 0.600. The largest absolute Gasteiger partial charge is 0.450 e. The smallest absolute Gasteiger partial charge is 0.409 e. The van der Waals surface area contributed by atoms with Crippen molar-refractivity contribution in [3.63, 3.8) is 0 Å². The monoisotopic (exact) mass is 344 g/mol. The van der Waals surface area contributed by atoms with Gasteiger partial charge in [0.15, 0.2) is 0 Å². The van der Waals surface area contributed by atoms with Gasteiger partial charge in [-0.2, -0.15) is 0 Å². The molecule has 1 aliphatic carbocycles. The van der Waals surface area contributed by atoms with Crippen LogP contribution in [0.1, 0.15) is 60.9 Å². The normalized spacial score (nSPS) is 18.6. The number of benzene rings is 1. The fourth-order valence-electron chi connectivity index (χ4n) is 3.65. The first-order chi connectivity index (χ1) is 12.1. The summed E-state index contributed by atoms with van der Waals surface area (Å²) in [6, 6.07) is 8.29. The molecule has 0 atom stereocenters. The van der Waals surface area contributed by atoms with Gasteiger partial charge in [0.1, 0.15) is 0 Å². The zero-order chi connectivity index (χ0) is 17.8. The van der Waals surface area contributed by atoms with E-state index in [1.54, 1.807) is 11.9 Å². The SMILES string of the molecule is CCOC(=O)N(C)C1CCN(C(=O)c2ccc(C3CCC3)cc2)CC1. The van der Waals surface area contributed by atoms with Crippen LogP contribution in [-0.2, 0) is 4.74 Å². The molecular weight excluding hydrogens is 316 g/mol. The van der Waals surface area contributed by atoms with Gasteiger partial charge in [-0.25, -0.2) is 4.79 Å². The standard InChI is InChI=1S/C20H28N2O3/c1-3-25-20(24)21(2)18-11-13-22(14-12-18)19(23)17-9-7-16(8-10-17)15-5-4-6-15/h7-10,15,18H,3-6,11-14H2,1-2H3. The van der Waals surface area contributed by atoms with Crippen LogP contribution in [0, 0.1) is 0 Å².